The van der Waals surface area contributed by atoms with Crippen molar-refractivity contribution in [1.82, 2.24) is 14.8 Å². The van der Waals surface area contributed by atoms with Crippen LogP contribution in [0.15, 0.2) is 24.5 Å². The van der Waals surface area contributed by atoms with Gasteiger partial charge in [-0.2, -0.15) is 5.10 Å². The number of carbonyl (C=O) groups excluding carboxylic acids is 1. The fourth-order valence-corrected chi connectivity index (χ4v) is 4.65. The summed E-state index contributed by atoms with van der Waals surface area (Å²) in [4.78, 5) is 17.1. The van der Waals surface area contributed by atoms with E-state index in [0.717, 1.165) is 31.4 Å². The zero-order chi connectivity index (χ0) is 19.0. The molecule has 0 spiro atoms. The van der Waals surface area contributed by atoms with Crippen LogP contribution in [0.3, 0.4) is 0 Å². The van der Waals surface area contributed by atoms with E-state index in [0.29, 0.717) is 29.2 Å². The number of fused-ring (bicyclic) bond motifs is 2. The third kappa shape index (κ3) is 4.85. The molecule has 2 atom stereocenters. The highest BCUT2D eigenvalue weighted by Gasteiger charge is 2.40. The van der Waals surface area contributed by atoms with Gasteiger partial charge in [-0.3, -0.25) is 9.78 Å². The number of rotatable bonds is 4. The van der Waals surface area contributed by atoms with Crippen molar-refractivity contribution in [2.75, 3.05) is 5.32 Å². The van der Waals surface area contributed by atoms with Crippen LogP contribution in [0.5, 0.6) is 11.6 Å². The smallest absolute Gasteiger partial charge is 0.241 e. The minimum Gasteiger partial charge on any atom is -0.436 e. The number of nitrogens with two attached hydrogens (primary N) is 1. The van der Waals surface area contributed by atoms with Gasteiger partial charge in [0.15, 0.2) is 0 Å². The van der Waals surface area contributed by atoms with Crippen LogP contribution in [0.25, 0.3) is 0 Å². The van der Waals surface area contributed by atoms with E-state index in [-0.39, 0.29) is 42.7 Å². The summed E-state index contributed by atoms with van der Waals surface area (Å²) in [7, 11) is 1.80. The molecule has 2 aliphatic carbocycles. The van der Waals surface area contributed by atoms with E-state index in [4.69, 9.17) is 10.5 Å². The topological polar surface area (TPSA) is 95.1 Å². The summed E-state index contributed by atoms with van der Waals surface area (Å²) < 4.78 is 7.59. The maximum atomic E-state index is 13.0. The number of anilines is 1. The van der Waals surface area contributed by atoms with Crippen LogP contribution in [0.2, 0.25) is 0 Å². The number of aromatic nitrogens is 3. The van der Waals surface area contributed by atoms with Crippen molar-refractivity contribution in [3.8, 4) is 11.6 Å². The molecular weight excluding hydrogens is 413 g/mol. The molecule has 9 heteroatoms. The van der Waals surface area contributed by atoms with Crippen molar-refractivity contribution in [2.45, 2.75) is 45.1 Å². The third-order valence-corrected chi connectivity index (χ3v) is 6.05. The van der Waals surface area contributed by atoms with Crippen LogP contribution in [0, 0.1) is 24.7 Å². The number of carbonyl (C=O) groups is 1. The highest BCUT2D eigenvalue weighted by atomic mass is 35.5. The summed E-state index contributed by atoms with van der Waals surface area (Å²) in [5.41, 5.74) is 7.73. The quantitative estimate of drug-likeness (QED) is 0.750. The van der Waals surface area contributed by atoms with Crippen LogP contribution >= 0.6 is 24.8 Å². The van der Waals surface area contributed by atoms with Crippen LogP contribution in [0.1, 0.15) is 37.8 Å². The number of ether oxygens (including phenoxy) is 1. The minimum absolute atomic E-state index is 0. The van der Waals surface area contributed by atoms with E-state index in [9.17, 15) is 4.79 Å². The molecule has 160 valence electrons. The fourth-order valence-electron chi connectivity index (χ4n) is 4.65. The van der Waals surface area contributed by atoms with Gasteiger partial charge in [0.1, 0.15) is 11.4 Å². The third-order valence-electron chi connectivity index (χ3n) is 6.05. The standard InChI is InChI=1S/C20H27N5O2.2ClH/c1-12-18(20(25(2)24-12)27-16-7-4-8-22-11-16)23-19(26)15-9-13-5-3-6-14(10-15)17(13)21;;/h4,7-8,11,13-15,17H,3,5-6,9-10,21H2,1-2H3,(H,23,26);2*1H. The molecule has 2 bridgehead atoms. The second-order valence-corrected chi connectivity index (χ2v) is 7.87. The van der Waals surface area contributed by atoms with E-state index in [1.807, 2.05) is 13.0 Å². The Labute approximate surface area is 183 Å². The lowest BCUT2D eigenvalue weighted by atomic mass is 9.65. The number of hydrogen-bond acceptors (Lipinski definition) is 5. The van der Waals surface area contributed by atoms with Crippen molar-refractivity contribution >= 4 is 36.4 Å². The molecule has 0 saturated heterocycles. The number of nitrogens with zero attached hydrogens (tertiary/aromatic N) is 3. The molecular formula is C20H29Cl2N5O2. The molecule has 2 unspecified atom stereocenters. The van der Waals surface area contributed by atoms with Crippen LogP contribution in [-0.2, 0) is 11.8 Å². The number of halogens is 2. The maximum absolute atomic E-state index is 13.0. The summed E-state index contributed by atoms with van der Waals surface area (Å²) in [6.45, 7) is 1.87. The van der Waals surface area contributed by atoms with Crippen LogP contribution in [0.4, 0.5) is 5.69 Å². The van der Waals surface area contributed by atoms with Gasteiger partial charge in [0.25, 0.3) is 0 Å². The maximum Gasteiger partial charge on any atom is 0.241 e. The Kier molecular flexibility index (Phi) is 7.91. The van der Waals surface area contributed by atoms with Crippen molar-refractivity contribution in [2.24, 2.45) is 30.5 Å². The SMILES string of the molecule is Cc1nn(C)c(Oc2cccnc2)c1NC(=O)C1CC2CCCC(C1)C2N.Cl.Cl. The average molecular weight is 442 g/mol. The second kappa shape index (κ2) is 9.78. The molecule has 2 aliphatic rings. The van der Waals surface area contributed by atoms with Crippen molar-refractivity contribution in [3.05, 3.63) is 30.2 Å². The molecule has 2 saturated carbocycles. The number of nitrogens with one attached hydrogen (secondary N) is 1. The molecule has 2 aromatic heterocycles. The molecule has 3 N–H and O–H groups in total. The number of hydrogen-bond donors (Lipinski definition) is 2. The predicted octanol–water partition coefficient (Wildman–Crippen LogP) is 3.85. The van der Waals surface area contributed by atoms with Gasteiger partial charge in [-0.15, -0.1) is 24.8 Å². The average Bonchev–Trinajstić information content (AvgIpc) is 2.89. The first kappa shape index (κ1) is 23.4. The summed E-state index contributed by atoms with van der Waals surface area (Å²) in [6.07, 6.45) is 8.60. The normalized spacial score (nSPS) is 25.3. The van der Waals surface area contributed by atoms with Crippen molar-refractivity contribution in [3.63, 3.8) is 0 Å². The second-order valence-electron chi connectivity index (χ2n) is 7.87. The highest BCUT2D eigenvalue weighted by Crippen LogP contribution is 2.42. The zero-order valence-corrected chi connectivity index (χ0v) is 18.3. The van der Waals surface area contributed by atoms with Gasteiger partial charge in [0.2, 0.25) is 11.8 Å². The van der Waals surface area contributed by atoms with Gasteiger partial charge in [-0.1, -0.05) is 6.42 Å². The van der Waals surface area contributed by atoms with Crippen molar-refractivity contribution in [1.29, 1.82) is 0 Å². The first-order valence-corrected chi connectivity index (χ1v) is 9.71. The van der Waals surface area contributed by atoms with Gasteiger partial charge in [-0.25, -0.2) is 4.68 Å². The number of aryl methyl sites for hydroxylation is 2. The predicted molar refractivity (Wildman–Crippen MR) is 117 cm³/mol. The lowest BCUT2D eigenvalue weighted by Gasteiger charge is -2.43. The van der Waals surface area contributed by atoms with E-state index in [1.165, 1.54) is 6.42 Å². The monoisotopic (exact) mass is 441 g/mol. The summed E-state index contributed by atoms with van der Waals surface area (Å²) in [6, 6.07) is 3.89. The lowest BCUT2D eigenvalue weighted by Crippen LogP contribution is -2.48. The molecule has 2 aromatic rings. The lowest BCUT2D eigenvalue weighted by molar-refractivity contribution is -0.122. The Morgan fingerprint density at radius 2 is 1.97 bits per heavy atom. The van der Waals surface area contributed by atoms with Gasteiger partial charge >= 0.3 is 0 Å². The van der Waals surface area contributed by atoms with E-state index < -0.39 is 0 Å². The molecule has 0 radical (unpaired) electrons. The summed E-state index contributed by atoms with van der Waals surface area (Å²) in [5, 5.41) is 7.50. The Morgan fingerprint density at radius 1 is 1.28 bits per heavy atom. The largest absolute Gasteiger partial charge is 0.436 e. The molecule has 7 nitrogen and oxygen atoms in total. The van der Waals surface area contributed by atoms with E-state index in [2.05, 4.69) is 15.4 Å². The van der Waals surface area contributed by atoms with E-state index in [1.54, 1.807) is 30.2 Å². The van der Waals surface area contributed by atoms with Gasteiger partial charge in [0, 0.05) is 25.2 Å². The first-order chi connectivity index (χ1) is 13.0. The Bertz CT molecular complexity index is 816. The minimum atomic E-state index is 0. The van der Waals surface area contributed by atoms with Crippen LogP contribution < -0.4 is 15.8 Å². The molecule has 29 heavy (non-hydrogen) atoms. The Balaban J connectivity index is 0.00000150. The summed E-state index contributed by atoms with van der Waals surface area (Å²) in [5.74, 6) is 2.11. The zero-order valence-electron chi connectivity index (χ0n) is 16.7. The Hall–Kier alpha value is -1.83. The highest BCUT2D eigenvalue weighted by molar-refractivity contribution is 5.94. The fraction of sp³-hybridized carbons (Fsp3) is 0.550. The van der Waals surface area contributed by atoms with Gasteiger partial charge < -0.3 is 15.8 Å². The summed E-state index contributed by atoms with van der Waals surface area (Å²) >= 11 is 0. The Morgan fingerprint density at radius 3 is 2.59 bits per heavy atom. The molecule has 0 aromatic carbocycles. The first-order valence-electron chi connectivity index (χ1n) is 9.71. The number of amides is 1. The molecule has 4 rings (SSSR count). The van der Waals surface area contributed by atoms with Gasteiger partial charge in [0.05, 0.1) is 11.9 Å². The van der Waals surface area contributed by atoms with Crippen LogP contribution in [-0.4, -0.2) is 26.7 Å². The van der Waals surface area contributed by atoms with Gasteiger partial charge in [-0.05, 0) is 56.6 Å². The van der Waals surface area contributed by atoms with E-state index >= 15 is 0 Å². The molecule has 0 aliphatic heterocycles. The number of pyridine rings is 1. The molecule has 2 fully saturated rings. The molecule has 2 heterocycles. The van der Waals surface area contributed by atoms with Crippen molar-refractivity contribution < 1.29 is 9.53 Å². The molecule has 1 amide bonds.